The topological polar surface area (TPSA) is 71.5 Å². The number of aliphatic hydroxyl groups is 1. The molecular weight excluding hydrogens is 432 g/mol. The van der Waals surface area contributed by atoms with Crippen molar-refractivity contribution in [3.05, 3.63) is 82.4 Å². The Morgan fingerprint density at radius 2 is 2.00 bits per heavy atom. The Morgan fingerprint density at radius 3 is 2.70 bits per heavy atom. The minimum atomic E-state index is -0.498. The fraction of sp³-hybridized carbons (Fsp3) is 0.259. The van der Waals surface area contributed by atoms with Crippen LogP contribution in [0.5, 0.6) is 5.75 Å². The van der Waals surface area contributed by atoms with Gasteiger partial charge in [-0.2, -0.15) is 0 Å². The van der Waals surface area contributed by atoms with E-state index in [0.29, 0.717) is 11.3 Å². The van der Waals surface area contributed by atoms with E-state index >= 15 is 0 Å². The van der Waals surface area contributed by atoms with Crippen molar-refractivity contribution in [1.82, 2.24) is 10.3 Å². The summed E-state index contributed by atoms with van der Waals surface area (Å²) in [4.78, 5) is 19.9. The molecule has 0 saturated heterocycles. The Bertz CT molecular complexity index is 1350. The molecule has 0 aliphatic heterocycles. The van der Waals surface area contributed by atoms with Crippen molar-refractivity contribution in [2.75, 3.05) is 7.11 Å². The van der Waals surface area contributed by atoms with Crippen molar-refractivity contribution in [3.8, 4) is 16.2 Å². The zero-order valence-corrected chi connectivity index (χ0v) is 19.7. The van der Waals surface area contributed by atoms with Crippen LogP contribution < -0.4 is 10.1 Å². The van der Waals surface area contributed by atoms with Crippen LogP contribution in [0.3, 0.4) is 0 Å². The van der Waals surface area contributed by atoms with E-state index in [4.69, 9.17) is 4.74 Å². The normalized spacial score (nSPS) is 15.3. The molecule has 1 aliphatic rings. The number of methoxy groups -OCH3 is 1. The van der Waals surface area contributed by atoms with Gasteiger partial charge in [0.15, 0.2) is 0 Å². The highest BCUT2D eigenvalue weighted by Crippen LogP contribution is 2.49. The van der Waals surface area contributed by atoms with Crippen molar-refractivity contribution in [2.45, 2.75) is 38.3 Å². The molecule has 2 aromatic heterocycles. The molecule has 4 aromatic rings. The summed E-state index contributed by atoms with van der Waals surface area (Å²) in [5.74, 6) is 0.567. The Balaban J connectivity index is 1.56. The minimum absolute atomic E-state index is 0.0983. The van der Waals surface area contributed by atoms with E-state index in [0.717, 1.165) is 50.2 Å². The quantitative estimate of drug-likeness (QED) is 0.386. The number of aromatic nitrogens is 1. The summed E-state index contributed by atoms with van der Waals surface area (Å²) in [6, 6.07) is 17.8. The largest absolute Gasteiger partial charge is 0.497 e. The van der Waals surface area contributed by atoms with Gasteiger partial charge in [-0.05, 0) is 85.8 Å². The van der Waals surface area contributed by atoms with Gasteiger partial charge in [-0.3, -0.25) is 9.78 Å². The summed E-state index contributed by atoms with van der Waals surface area (Å²) in [5.41, 5.74) is 4.15. The van der Waals surface area contributed by atoms with Gasteiger partial charge in [-0.1, -0.05) is 12.1 Å². The highest BCUT2D eigenvalue weighted by Gasteiger charge is 2.47. The van der Waals surface area contributed by atoms with Crippen LogP contribution in [-0.2, 0) is 5.54 Å². The fourth-order valence-electron chi connectivity index (χ4n) is 4.30. The number of rotatable bonds is 6. The predicted octanol–water partition coefficient (Wildman–Crippen LogP) is 5.75. The highest BCUT2D eigenvalue weighted by atomic mass is 32.1. The number of amides is 1. The van der Waals surface area contributed by atoms with Crippen LogP contribution in [0.1, 0.15) is 52.2 Å². The maximum Gasteiger partial charge on any atom is 0.252 e. The molecule has 33 heavy (non-hydrogen) atoms. The zero-order chi connectivity index (χ0) is 23.2. The number of pyridine rings is 1. The third-order valence-electron chi connectivity index (χ3n) is 6.35. The SMILES string of the molecule is COc1ccc(C)c(C(=O)NC2(c3cc(-c4ccc(C(C)O)s4)cc4ncccc34)CC2)c1. The maximum absolute atomic E-state index is 13.3. The molecular formula is C27H26N2O3S. The Kier molecular flexibility index (Phi) is 5.43. The molecule has 0 spiro atoms. The van der Waals surface area contributed by atoms with E-state index in [9.17, 15) is 9.90 Å². The number of ether oxygens (including phenoxy) is 1. The lowest BCUT2D eigenvalue weighted by Gasteiger charge is -2.22. The molecule has 2 N–H and O–H groups in total. The highest BCUT2D eigenvalue weighted by molar-refractivity contribution is 7.15. The average Bonchev–Trinajstić information content (AvgIpc) is 3.41. The molecule has 5 nitrogen and oxygen atoms in total. The number of hydrogen-bond acceptors (Lipinski definition) is 5. The number of aliphatic hydroxyl groups excluding tert-OH is 1. The summed E-state index contributed by atoms with van der Waals surface area (Å²) in [6.07, 6.45) is 3.04. The number of fused-ring (bicyclic) bond motifs is 1. The van der Waals surface area contributed by atoms with Crippen LogP contribution in [0.15, 0.2) is 60.8 Å². The second-order valence-electron chi connectivity index (χ2n) is 8.69. The van der Waals surface area contributed by atoms with Gasteiger partial charge in [-0.15, -0.1) is 11.3 Å². The van der Waals surface area contributed by atoms with E-state index in [1.807, 2.05) is 37.3 Å². The van der Waals surface area contributed by atoms with Crippen LogP contribution in [0.4, 0.5) is 0 Å². The molecule has 0 radical (unpaired) electrons. The van der Waals surface area contributed by atoms with Gasteiger partial charge < -0.3 is 15.2 Å². The van der Waals surface area contributed by atoms with Crippen LogP contribution in [-0.4, -0.2) is 23.1 Å². The van der Waals surface area contributed by atoms with Gasteiger partial charge >= 0.3 is 0 Å². The molecule has 2 aromatic carbocycles. The first-order chi connectivity index (χ1) is 15.9. The van der Waals surface area contributed by atoms with Crippen molar-refractivity contribution >= 4 is 28.1 Å². The number of carbonyl (C=O) groups excluding carboxylic acids is 1. The summed E-state index contributed by atoms with van der Waals surface area (Å²) in [7, 11) is 1.60. The molecule has 1 fully saturated rings. The molecule has 5 rings (SSSR count). The van der Waals surface area contributed by atoms with Crippen molar-refractivity contribution in [2.24, 2.45) is 0 Å². The zero-order valence-electron chi connectivity index (χ0n) is 18.9. The molecule has 1 amide bonds. The van der Waals surface area contributed by atoms with Crippen LogP contribution in [0.2, 0.25) is 0 Å². The molecule has 6 heteroatoms. The summed E-state index contributed by atoms with van der Waals surface area (Å²) in [6.45, 7) is 3.71. The summed E-state index contributed by atoms with van der Waals surface area (Å²) < 4.78 is 5.33. The van der Waals surface area contributed by atoms with Crippen LogP contribution >= 0.6 is 11.3 Å². The number of carbonyl (C=O) groups is 1. The predicted molar refractivity (Wildman–Crippen MR) is 132 cm³/mol. The van der Waals surface area contributed by atoms with Crippen molar-refractivity contribution in [3.63, 3.8) is 0 Å². The number of nitrogens with zero attached hydrogens (tertiary/aromatic N) is 1. The number of aryl methyl sites for hydroxylation is 1. The molecule has 1 unspecified atom stereocenters. The average molecular weight is 459 g/mol. The van der Waals surface area contributed by atoms with E-state index in [-0.39, 0.29) is 5.91 Å². The van der Waals surface area contributed by atoms with Gasteiger partial charge in [-0.25, -0.2) is 0 Å². The van der Waals surface area contributed by atoms with Gasteiger partial charge in [0.05, 0.1) is 24.3 Å². The molecule has 0 bridgehead atoms. The first kappa shape index (κ1) is 21.6. The number of thiophene rings is 1. The van der Waals surface area contributed by atoms with E-state index < -0.39 is 11.6 Å². The van der Waals surface area contributed by atoms with Gasteiger partial charge in [0.25, 0.3) is 5.91 Å². The van der Waals surface area contributed by atoms with Gasteiger partial charge in [0, 0.05) is 26.9 Å². The second kappa shape index (κ2) is 8.28. The standard InChI is InChI=1S/C27H26N2O3S/c1-16-6-7-19(32-3)15-21(16)26(31)29-27(10-11-27)22-13-18(14-23-20(22)5-4-12-28-23)25-9-8-24(33-25)17(2)30/h4-9,12-15,17,30H,10-11H2,1-3H3,(H,29,31). The first-order valence-electron chi connectivity index (χ1n) is 11.0. The van der Waals surface area contributed by atoms with Gasteiger partial charge in [0.2, 0.25) is 0 Å². The smallest absolute Gasteiger partial charge is 0.252 e. The van der Waals surface area contributed by atoms with Gasteiger partial charge in [0.1, 0.15) is 5.75 Å². The minimum Gasteiger partial charge on any atom is -0.497 e. The van der Waals surface area contributed by atoms with E-state index in [1.54, 1.807) is 37.6 Å². The number of nitrogens with one attached hydrogen (secondary N) is 1. The third-order valence-corrected chi connectivity index (χ3v) is 7.66. The Labute approximate surface area is 197 Å². The molecule has 2 heterocycles. The summed E-state index contributed by atoms with van der Waals surface area (Å²) in [5, 5.41) is 14.3. The Morgan fingerprint density at radius 1 is 1.18 bits per heavy atom. The molecule has 168 valence electrons. The van der Waals surface area contributed by atoms with Crippen LogP contribution in [0.25, 0.3) is 21.3 Å². The maximum atomic E-state index is 13.3. The lowest BCUT2D eigenvalue weighted by Crippen LogP contribution is -2.35. The number of benzene rings is 2. The van der Waals surface area contributed by atoms with E-state index in [1.165, 1.54) is 0 Å². The second-order valence-corrected chi connectivity index (χ2v) is 9.80. The van der Waals surface area contributed by atoms with Crippen molar-refractivity contribution < 1.29 is 14.6 Å². The lowest BCUT2D eigenvalue weighted by atomic mass is 9.95. The summed E-state index contributed by atoms with van der Waals surface area (Å²) >= 11 is 1.58. The van der Waals surface area contributed by atoms with Crippen molar-refractivity contribution in [1.29, 1.82) is 0 Å². The first-order valence-corrected chi connectivity index (χ1v) is 11.9. The van der Waals surface area contributed by atoms with E-state index in [2.05, 4.69) is 28.5 Å². The molecule has 1 atom stereocenters. The van der Waals surface area contributed by atoms with Crippen LogP contribution in [0, 0.1) is 6.92 Å². The monoisotopic (exact) mass is 458 g/mol. The Hall–Kier alpha value is -3.22. The molecule has 1 aliphatic carbocycles. The number of hydrogen-bond donors (Lipinski definition) is 2. The fourth-order valence-corrected chi connectivity index (χ4v) is 5.23. The lowest BCUT2D eigenvalue weighted by molar-refractivity contribution is 0.0930. The molecule has 1 saturated carbocycles. The third kappa shape index (κ3) is 4.01.